The van der Waals surface area contributed by atoms with Crippen LogP contribution in [-0.4, -0.2) is 62.8 Å². The number of nitrogens with one attached hydrogen (secondary N) is 1. The molecule has 146 valence electrons. The molecule has 0 bridgehead atoms. The van der Waals surface area contributed by atoms with Crippen LogP contribution in [0.5, 0.6) is 11.5 Å². The van der Waals surface area contributed by atoms with Crippen molar-refractivity contribution in [3.63, 3.8) is 0 Å². The number of benzene rings is 1. The van der Waals surface area contributed by atoms with Crippen molar-refractivity contribution in [2.45, 2.75) is 13.0 Å². The van der Waals surface area contributed by atoms with E-state index in [9.17, 15) is 4.79 Å². The predicted octanol–water partition coefficient (Wildman–Crippen LogP) is 2.37. The van der Waals surface area contributed by atoms with E-state index in [-0.39, 0.29) is 6.03 Å². The Balaban J connectivity index is 1.40. The lowest BCUT2D eigenvalue weighted by Gasteiger charge is -2.34. The van der Waals surface area contributed by atoms with Crippen molar-refractivity contribution in [2.24, 2.45) is 0 Å². The second-order valence-electron chi connectivity index (χ2n) is 6.51. The van der Waals surface area contributed by atoms with Crippen molar-refractivity contribution in [2.75, 3.05) is 46.9 Å². The summed E-state index contributed by atoms with van der Waals surface area (Å²) in [6.07, 6.45) is 2.43. The van der Waals surface area contributed by atoms with Crippen LogP contribution in [0.25, 0.3) is 0 Å². The summed E-state index contributed by atoms with van der Waals surface area (Å²) in [7, 11) is 3.24. The van der Waals surface area contributed by atoms with Crippen LogP contribution in [0.1, 0.15) is 11.3 Å². The fraction of sp³-hybridized carbons (Fsp3) is 0.450. The van der Waals surface area contributed by atoms with Crippen LogP contribution < -0.4 is 14.8 Å². The topological polar surface area (TPSA) is 67.2 Å². The first-order valence-corrected chi connectivity index (χ1v) is 9.18. The number of piperazine rings is 1. The Labute approximate surface area is 159 Å². The summed E-state index contributed by atoms with van der Waals surface area (Å²) >= 11 is 0. The molecule has 0 spiro atoms. The van der Waals surface area contributed by atoms with Gasteiger partial charge in [-0.1, -0.05) is 6.07 Å². The van der Waals surface area contributed by atoms with Gasteiger partial charge in [0.2, 0.25) is 0 Å². The first-order chi connectivity index (χ1) is 13.2. The predicted molar refractivity (Wildman–Crippen MR) is 102 cm³/mol. The summed E-state index contributed by atoms with van der Waals surface area (Å²) < 4.78 is 15.9. The molecule has 1 aromatic carbocycles. The van der Waals surface area contributed by atoms with E-state index >= 15 is 0 Å². The monoisotopic (exact) mass is 373 g/mol. The third-order valence-electron chi connectivity index (χ3n) is 4.76. The number of rotatable bonds is 7. The van der Waals surface area contributed by atoms with E-state index in [2.05, 4.69) is 10.2 Å². The van der Waals surface area contributed by atoms with Crippen LogP contribution >= 0.6 is 0 Å². The largest absolute Gasteiger partial charge is 0.493 e. The number of furan rings is 1. The molecule has 0 saturated carbocycles. The van der Waals surface area contributed by atoms with Gasteiger partial charge < -0.3 is 24.1 Å². The van der Waals surface area contributed by atoms with Crippen molar-refractivity contribution in [1.82, 2.24) is 15.1 Å². The first-order valence-electron chi connectivity index (χ1n) is 9.18. The van der Waals surface area contributed by atoms with Crippen molar-refractivity contribution in [3.8, 4) is 11.5 Å². The molecule has 7 nitrogen and oxygen atoms in total. The molecule has 27 heavy (non-hydrogen) atoms. The maximum atomic E-state index is 12.4. The third kappa shape index (κ3) is 5.17. The van der Waals surface area contributed by atoms with E-state index in [4.69, 9.17) is 13.9 Å². The van der Waals surface area contributed by atoms with Crippen LogP contribution in [0.2, 0.25) is 0 Å². The average molecular weight is 373 g/mol. The number of ether oxygens (including phenoxy) is 2. The highest BCUT2D eigenvalue weighted by atomic mass is 16.5. The molecule has 1 aliphatic heterocycles. The number of nitrogens with zero attached hydrogens (tertiary/aromatic N) is 2. The lowest BCUT2D eigenvalue weighted by molar-refractivity contribution is 0.130. The molecule has 1 aliphatic rings. The summed E-state index contributed by atoms with van der Waals surface area (Å²) in [6.45, 7) is 4.53. The van der Waals surface area contributed by atoms with E-state index < -0.39 is 0 Å². The van der Waals surface area contributed by atoms with E-state index in [1.54, 1.807) is 20.5 Å². The highest BCUT2D eigenvalue weighted by Gasteiger charge is 2.21. The van der Waals surface area contributed by atoms with E-state index in [1.807, 2.05) is 35.2 Å². The number of hydrogen-bond acceptors (Lipinski definition) is 5. The third-order valence-corrected chi connectivity index (χ3v) is 4.76. The summed E-state index contributed by atoms with van der Waals surface area (Å²) in [4.78, 5) is 16.5. The minimum atomic E-state index is -0.00637. The molecule has 2 heterocycles. The summed E-state index contributed by atoms with van der Waals surface area (Å²) in [5.74, 6) is 2.37. The van der Waals surface area contributed by atoms with E-state index in [0.717, 1.165) is 50.5 Å². The maximum Gasteiger partial charge on any atom is 0.317 e. The zero-order chi connectivity index (χ0) is 19.1. The smallest absolute Gasteiger partial charge is 0.317 e. The Hall–Kier alpha value is -2.67. The van der Waals surface area contributed by atoms with Gasteiger partial charge in [0.15, 0.2) is 11.5 Å². The summed E-state index contributed by atoms with van der Waals surface area (Å²) in [5, 5.41) is 3.01. The molecule has 2 amide bonds. The average Bonchev–Trinajstić information content (AvgIpc) is 3.21. The number of urea groups is 1. The van der Waals surface area contributed by atoms with E-state index in [0.29, 0.717) is 18.0 Å². The Morgan fingerprint density at radius 3 is 2.56 bits per heavy atom. The first kappa shape index (κ1) is 19.1. The molecule has 2 aromatic rings. The number of methoxy groups -OCH3 is 2. The van der Waals surface area contributed by atoms with Crippen LogP contribution in [-0.2, 0) is 13.0 Å². The van der Waals surface area contributed by atoms with Crippen molar-refractivity contribution < 1.29 is 18.7 Å². The van der Waals surface area contributed by atoms with Crippen LogP contribution in [0, 0.1) is 0 Å². The minimum absolute atomic E-state index is 0.00637. The second-order valence-corrected chi connectivity index (χ2v) is 6.51. The molecule has 7 heteroatoms. The second kappa shape index (κ2) is 9.32. The lowest BCUT2D eigenvalue weighted by Crippen LogP contribution is -2.51. The molecule has 3 rings (SSSR count). The number of carbonyl (C=O) groups excluding carboxylic acids is 1. The molecule has 1 saturated heterocycles. The van der Waals surface area contributed by atoms with Gasteiger partial charge in [-0.25, -0.2) is 4.79 Å². The van der Waals surface area contributed by atoms with Crippen molar-refractivity contribution in [1.29, 1.82) is 0 Å². The van der Waals surface area contributed by atoms with Crippen LogP contribution in [0.3, 0.4) is 0 Å². The minimum Gasteiger partial charge on any atom is -0.493 e. The van der Waals surface area contributed by atoms with Gasteiger partial charge in [-0.3, -0.25) is 4.90 Å². The van der Waals surface area contributed by atoms with Crippen molar-refractivity contribution in [3.05, 3.63) is 47.9 Å². The molecule has 0 unspecified atom stereocenters. The molecule has 1 aromatic heterocycles. The zero-order valence-electron chi connectivity index (χ0n) is 15.9. The highest BCUT2D eigenvalue weighted by Crippen LogP contribution is 2.27. The molecule has 0 radical (unpaired) electrons. The molecule has 1 N–H and O–H groups in total. The maximum absolute atomic E-state index is 12.4. The Morgan fingerprint density at radius 1 is 1.11 bits per heavy atom. The SMILES string of the molecule is COc1ccc(CCNC(=O)N2CCN(Cc3ccco3)CC2)cc1OC. The molecule has 0 aliphatic carbocycles. The quantitative estimate of drug-likeness (QED) is 0.807. The summed E-state index contributed by atoms with van der Waals surface area (Å²) in [6, 6.07) is 9.69. The fourth-order valence-electron chi connectivity index (χ4n) is 3.19. The normalized spacial score (nSPS) is 14.8. The molecular formula is C20H27N3O4. The fourth-order valence-corrected chi connectivity index (χ4v) is 3.19. The zero-order valence-corrected chi connectivity index (χ0v) is 15.9. The summed E-state index contributed by atoms with van der Waals surface area (Å²) in [5.41, 5.74) is 1.09. The Bertz CT molecular complexity index is 725. The van der Waals surface area contributed by atoms with Crippen molar-refractivity contribution >= 4 is 6.03 Å². The van der Waals surface area contributed by atoms with E-state index in [1.165, 1.54) is 0 Å². The molecular weight excluding hydrogens is 346 g/mol. The highest BCUT2D eigenvalue weighted by molar-refractivity contribution is 5.74. The van der Waals surface area contributed by atoms with Gasteiger partial charge in [-0.15, -0.1) is 0 Å². The van der Waals surface area contributed by atoms with Crippen LogP contribution in [0.4, 0.5) is 4.79 Å². The number of amides is 2. The van der Waals surface area contributed by atoms with Gasteiger partial charge in [0, 0.05) is 32.7 Å². The molecule has 1 fully saturated rings. The lowest BCUT2D eigenvalue weighted by atomic mass is 10.1. The Kier molecular flexibility index (Phi) is 6.59. The molecule has 0 atom stereocenters. The van der Waals surface area contributed by atoms with Gasteiger partial charge in [0.05, 0.1) is 27.0 Å². The number of hydrogen-bond donors (Lipinski definition) is 1. The van der Waals surface area contributed by atoms with Gasteiger partial charge in [0.1, 0.15) is 5.76 Å². The van der Waals surface area contributed by atoms with Gasteiger partial charge in [0.25, 0.3) is 0 Å². The van der Waals surface area contributed by atoms with Crippen LogP contribution in [0.15, 0.2) is 41.0 Å². The van der Waals surface area contributed by atoms with Gasteiger partial charge in [-0.05, 0) is 36.2 Å². The number of carbonyl (C=O) groups is 1. The standard InChI is InChI=1S/C20H27N3O4/c1-25-18-6-5-16(14-19(18)26-2)7-8-21-20(24)23-11-9-22(10-12-23)15-17-4-3-13-27-17/h3-6,13-14H,7-12,15H2,1-2H3,(H,21,24). The van der Waals surface area contributed by atoms with Gasteiger partial charge >= 0.3 is 6.03 Å². The Morgan fingerprint density at radius 2 is 1.89 bits per heavy atom. The van der Waals surface area contributed by atoms with Gasteiger partial charge in [-0.2, -0.15) is 0 Å².